The summed E-state index contributed by atoms with van der Waals surface area (Å²) >= 11 is 0. The van der Waals surface area contributed by atoms with Crippen LogP contribution in [0.1, 0.15) is 18.1 Å². The van der Waals surface area contributed by atoms with Crippen molar-refractivity contribution in [2.45, 2.75) is 37.0 Å². The predicted octanol–water partition coefficient (Wildman–Crippen LogP) is 2.80. The summed E-state index contributed by atoms with van der Waals surface area (Å²) in [6.45, 7) is 1.67. The number of nitrogens with one attached hydrogen (secondary N) is 2. The summed E-state index contributed by atoms with van der Waals surface area (Å²) in [5, 5.41) is 5.89. The van der Waals surface area contributed by atoms with Crippen LogP contribution in [0.25, 0.3) is 0 Å². The van der Waals surface area contributed by atoms with Gasteiger partial charge in [0.1, 0.15) is 10.6 Å². The molecule has 38 heavy (non-hydrogen) atoms. The van der Waals surface area contributed by atoms with Crippen LogP contribution in [-0.4, -0.2) is 57.7 Å². The van der Waals surface area contributed by atoms with Gasteiger partial charge in [0.15, 0.2) is 9.84 Å². The molecule has 1 heterocycles. The van der Waals surface area contributed by atoms with E-state index in [-0.39, 0.29) is 40.3 Å². The average molecular weight is 558 g/mol. The van der Waals surface area contributed by atoms with Crippen LogP contribution in [0.3, 0.4) is 0 Å². The van der Waals surface area contributed by atoms with Crippen molar-refractivity contribution in [3.05, 3.63) is 90.0 Å². The van der Waals surface area contributed by atoms with Crippen molar-refractivity contribution in [3.63, 3.8) is 0 Å². The molecular formula is C27H31N3O6S2. The number of sulfone groups is 1. The van der Waals surface area contributed by atoms with Crippen LogP contribution in [0.5, 0.6) is 5.75 Å². The molecule has 0 spiro atoms. The van der Waals surface area contributed by atoms with Crippen molar-refractivity contribution in [2.75, 3.05) is 23.9 Å². The second-order valence-electron chi connectivity index (χ2n) is 9.20. The van der Waals surface area contributed by atoms with Crippen LogP contribution in [0.4, 0.5) is 5.69 Å². The number of hydrogen-bond donors (Lipinski definition) is 2. The predicted molar refractivity (Wildman–Crippen MR) is 146 cm³/mol. The number of anilines is 1. The second-order valence-corrected chi connectivity index (χ2v) is 13.2. The van der Waals surface area contributed by atoms with Gasteiger partial charge in [-0.25, -0.2) is 16.8 Å². The number of sulfonamides is 1. The molecule has 3 aromatic rings. The lowest BCUT2D eigenvalue weighted by Crippen LogP contribution is -2.51. The van der Waals surface area contributed by atoms with Gasteiger partial charge in [0.2, 0.25) is 15.9 Å². The van der Waals surface area contributed by atoms with E-state index >= 15 is 0 Å². The molecule has 0 unspecified atom stereocenters. The lowest BCUT2D eigenvalue weighted by Gasteiger charge is -2.32. The average Bonchev–Trinajstić information content (AvgIpc) is 3.20. The Kier molecular flexibility index (Phi) is 8.51. The fraction of sp³-hybridized carbons (Fsp3) is 0.296. The molecule has 0 aromatic heterocycles. The minimum absolute atomic E-state index is 0.0413. The number of rotatable bonds is 10. The second kappa shape index (κ2) is 11.6. The van der Waals surface area contributed by atoms with Crippen LogP contribution >= 0.6 is 0 Å². The van der Waals surface area contributed by atoms with Crippen molar-refractivity contribution < 1.29 is 26.4 Å². The maximum Gasteiger partial charge on any atom is 0.247 e. The molecule has 1 aliphatic rings. The summed E-state index contributed by atoms with van der Waals surface area (Å²) in [6, 6.07) is 21.4. The molecule has 0 bridgehead atoms. The number of amides is 1. The Morgan fingerprint density at radius 2 is 1.61 bits per heavy atom. The van der Waals surface area contributed by atoms with Gasteiger partial charge in [-0.15, -0.1) is 0 Å². The topological polar surface area (TPSA) is 122 Å². The van der Waals surface area contributed by atoms with Gasteiger partial charge < -0.3 is 15.4 Å². The number of methoxy groups -OCH3 is 1. The lowest BCUT2D eigenvalue weighted by molar-refractivity contribution is -0.114. The maximum absolute atomic E-state index is 14.3. The van der Waals surface area contributed by atoms with E-state index < -0.39 is 31.9 Å². The van der Waals surface area contributed by atoms with E-state index in [4.69, 9.17) is 4.74 Å². The summed E-state index contributed by atoms with van der Waals surface area (Å²) in [5.41, 5.74) is 1.95. The van der Waals surface area contributed by atoms with Gasteiger partial charge >= 0.3 is 0 Å². The summed E-state index contributed by atoms with van der Waals surface area (Å²) in [7, 11) is -6.46. The highest BCUT2D eigenvalue weighted by molar-refractivity contribution is 7.92. The van der Waals surface area contributed by atoms with Gasteiger partial charge in [-0.3, -0.25) is 4.79 Å². The van der Waals surface area contributed by atoms with Crippen LogP contribution in [-0.2, 0) is 37.7 Å². The van der Waals surface area contributed by atoms with Gasteiger partial charge in [-0.2, -0.15) is 4.31 Å². The summed E-state index contributed by atoms with van der Waals surface area (Å²) in [6.07, 6.45) is 0. The Morgan fingerprint density at radius 1 is 0.974 bits per heavy atom. The Bertz CT molecular complexity index is 1480. The van der Waals surface area contributed by atoms with E-state index in [1.165, 1.54) is 30.5 Å². The number of nitrogens with zero attached hydrogens (tertiary/aromatic N) is 1. The molecule has 9 nitrogen and oxygen atoms in total. The largest absolute Gasteiger partial charge is 0.495 e. The first-order chi connectivity index (χ1) is 18.1. The minimum Gasteiger partial charge on any atom is -0.495 e. The third-order valence-corrected chi connectivity index (χ3v) is 9.96. The first kappa shape index (κ1) is 27.8. The molecular weight excluding hydrogens is 526 g/mol. The molecule has 4 rings (SSSR count). The molecule has 2 N–H and O–H groups in total. The number of ether oxygens (including phenoxy) is 1. The summed E-state index contributed by atoms with van der Waals surface area (Å²) in [5.74, 6) is -0.772. The van der Waals surface area contributed by atoms with Crippen molar-refractivity contribution >= 4 is 31.5 Å². The van der Waals surface area contributed by atoms with Crippen LogP contribution in [0, 0.1) is 0 Å². The molecule has 0 aliphatic carbocycles. The molecule has 1 amide bonds. The Hall–Kier alpha value is -3.25. The van der Waals surface area contributed by atoms with Crippen LogP contribution < -0.4 is 15.4 Å². The van der Waals surface area contributed by atoms with Gasteiger partial charge in [0.05, 0.1) is 24.7 Å². The van der Waals surface area contributed by atoms with E-state index in [1.54, 1.807) is 30.3 Å². The zero-order chi connectivity index (χ0) is 27.3. The Balaban J connectivity index is 1.77. The standard InChI is InChI=1S/C27H31N3O6S2/c1-20(31)29-23-13-14-26(36-2)27(15-23)38(34,35)30(17-22-11-7-4-8-12-22)25-19-37(32,33)18-24(25)28-16-21-9-5-3-6-10-21/h3-15,24-25,28H,16-19H2,1-2H3,(H,29,31)/t24-,25+/m1/s1. The van der Waals surface area contributed by atoms with Gasteiger partial charge in [-0.05, 0) is 29.3 Å². The monoisotopic (exact) mass is 557 g/mol. The molecule has 202 valence electrons. The van der Waals surface area contributed by atoms with Gasteiger partial charge in [-0.1, -0.05) is 60.7 Å². The zero-order valence-electron chi connectivity index (χ0n) is 21.2. The van der Waals surface area contributed by atoms with Gasteiger partial charge in [0, 0.05) is 31.7 Å². The van der Waals surface area contributed by atoms with E-state index in [0.29, 0.717) is 12.1 Å². The normalized spacial score (nSPS) is 18.8. The highest BCUT2D eigenvalue weighted by atomic mass is 32.2. The molecule has 11 heteroatoms. The summed E-state index contributed by atoms with van der Waals surface area (Å²) < 4.78 is 60.9. The first-order valence-electron chi connectivity index (χ1n) is 12.1. The molecule has 0 radical (unpaired) electrons. The Labute approximate surface area is 223 Å². The van der Waals surface area contributed by atoms with Crippen molar-refractivity contribution in [1.82, 2.24) is 9.62 Å². The zero-order valence-corrected chi connectivity index (χ0v) is 22.8. The summed E-state index contributed by atoms with van der Waals surface area (Å²) in [4.78, 5) is 11.5. The number of carbonyl (C=O) groups excluding carboxylic acids is 1. The third kappa shape index (κ3) is 6.60. The number of benzene rings is 3. The van der Waals surface area contributed by atoms with E-state index in [1.807, 2.05) is 36.4 Å². The van der Waals surface area contributed by atoms with Crippen LogP contribution in [0.15, 0.2) is 83.8 Å². The van der Waals surface area contributed by atoms with Crippen molar-refractivity contribution in [3.8, 4) is 5.75 Å². The third-order valence-electron chi connectivity index (χ3n) is 6.36. The van der Waals surface area contributed by atoms with E-state index in [9.17, 15) is 21.6 Å². The maximum atomic E-state index is 14.3. The smallest absolute Gasteiger partial charge is 0.247 e. The Morgan fingerprint density at radius 3 is 2.21 bits per heavy atom. The fourth-order valence-electron chi connectivity index (χ4n) is 4.58. The van der Waals surface area contributed by atoms with Crippen molar-refractivity contribution in [2.24, 2.45) is 0 Å². The van der Waals surface area contributed by atoms with Crippen LogP contribution in [0.2, 0.25) is 0 Å². The highest BCUT2D eigenvalue weighted by Gasteiger charge is 2.46. The lowest BCUT2D eigenvalue weighted by atomic mass is 10.1. The van der Waals surface area contributed by atoms with Crippen molar-refractivity contribution in [1.29, 1.82) is 0 Å². The molecule has 1 aliphatic heterocycles. The highest BCUT2D eigenvalue weighted by Crippen LogP contribution is 2.34. The fourth-order valence-corrected chi connectivity index (χ4v) is 8.46. The SMILES string of the molecule is COc1ccc(NC(C)=O)cc1S(=O)(=O)N(Cc1ccccc1)[C@H]1CS(=O)(=O)C[C@H]1NCc1ccccc1. The van der Waals surface area contributed by atoms with Gasteiger partial charge in [0.25, 0.3) is 0 Å². The number of hydrogen-bond acceptors (Lipinski definition) is 7. The molecule has 0 saturated carbocycles. The molecule has 2 atom stereocenters. The first-order valence-corrected chi connectivity index (χ1v) is 15.3. The molecule has 1 fully saturated rings. The minimum atomic E-state index is -4.30. The quantitative estimate of drug-likeness (QED) is 0.393. The molecule has 1 saturated heterocycles. The molecule has 3 aromatic carbocycles. The van der Waals surface area contributed by atoms with E-state index in [0.717, 1.165) is 5.56 Å². The number of carbonyl (C=O) groups is 1. The van der Waals surface area contributed by atoms with E-state index in [2.05, 4.69) is 10.6 Å².